The third-order valence-electron chi connectivity index (χ3n) is 2.41. The Morgan fingerprint density at radius 3 is 2.94 bits per heavy atom. The average Bonchev–Trinajstić information content (AvgIpc) is 2.79. The van der Waals surface area contributed by atoms with Crippen molar-refractivity contribution in [1.29, 1.82) is 0 Å². The lowest BCUT2D eigenvalue weighted by Crippen LogP contribution is -2.11. The van der Waals surface area contributed by atoms with Crippen LogP contribution in [0.4, 0.5) is 4.39 Å². The van der Waals surface area contributed by atoms with Gasteiger partial charge in [-0.1, -0.05) is 6.92 Å². The molecule has 3 nitrogen and oxygen atoms in total. The van der Waals surface area contributed by atoms with E-state index in [1.54, 1.807) is 12.1 Å². The zero-order chi connectivity index (χ0) is 12.3. The van der Waals surface area contributed by atoms with Gasteiger partial charge >= 0.3 is 0 Å². The normalized spacial score (nSPS) is 10.8. The van der Waals surface area contributed by atoms with Crippen molar-refractivity contribution in [3.05, 3.63) is 40.2 Å². The maximum absolute atomic E-state index is 13.1. The molecule has 0 spiro atoms. The molecule has 0 bridgehead atoms. The van der Waals surface area contributed by atoms with Gasteiger partial charge in [-0.3, -0.25) is 5.10 Å². The summed E-state index contributed by atoms with van der Waals surface area (Å²) in [5.74, 6) is -0.267. The molecule has 0 aliphatic heterocycles. The van der Waals surface area contributed by atoms with Crippen molar-refractivity contribution in [2.45, 2.75) is 13.5 Å². The molecule has 0 radical (unpaired) electrons. The van der Waals surface area contributed by atoms with Gasteiger partial charge in [0.2, 0.25) is 0 Å². The largest absolute Gasteiger partial charge is 0.311 e. The predicted molar refractivity (Wildman–Crippen MR) is 69.1 cm³/mol. The number of hydrogen-bond acceptors (Lipinski definition) is 2. The first-order chi connectivity index (χ1) is 8.20. The van der Waals surface area contributed by atoms with Gasteiger partial charge in [-0.25, -0.2) is 4.39 Å². The molecular formula is C12H13BrFN3. The molecule has 0 fully saturated rings. The van der Waals surface area contributed by atoms with E-state index in [4.69, 9.17) is 0 Å². The second-order valence-electron chi connectivity index (χ2n) is 3.69. The number of nitrogens with one attached hydrogen (secondary N) is 2. The summed E-state index contributed by atoms with van der Waals surface area (Å²) in [6.45, 7) is 3.72. The molecular weight excluding hydrogens is 285 g/mol. The minimum Gasteiger partial charge on any atom is -0.311 e. The van der Waals surface area contributed by atoms with Crippen LogP contribution in [0.15, 0.2) is 28.7 Å². The molecule has 0 aliphatic carbocycles. The fourth-order valence-corrected chi connectivity index (χ4v) is 1.89. The van der Waals surface area contributed by atoms with Crippen molar-refractivity contribution in [2.24, 2.45) is 0 Å². The van der Waals surface area contributed by atoms with Crippen LogP contribution in [0.2, 0.25) is 0 Å². The topological polar surface area (TPSA) is 40.7 Å². The van der Waals surface area contributed by atoms with Gasteiger partial charge in [0.05, 0.1) is 10.2 Å². The van der Waals surface area contributed by atoms with Crippen molar-refractivity contribution < 1.29 is 4.39 Å². The van der Waals surface area contributed by atoms with E-state index in [0.717, 1.165) is 30.0 Å². The SMILES string of the molecule is CCNCc1cc(-c2ccc(F)c(Br)c2)n[nH]1. The fourth-order valence-electron chi connectivity index (χ4n) is 1.52. The number of aromatic amines is 1. The van der Waals surface area contributed by atoms with Gasteiger partial charge in [0.25, 0.3) is 0 Å². The Morgan fingerprint density at radius 1 is 1.41 bits per heavy atom. The Balaban J connectivity index is 2.21. The van der Waals surface area contributed by atoms with E-state index in [1.807, 2.05) is 13.0 Å². The van der Waals surface area contributed by atoms with E-state index >= 15 is 0 Å². The Kier molecular flexibility index (Phi) is 3.91. The third kappa shape index (κ3) is 2.92. The maximum Gasteiger partial charge on any atom is 0.137 e. The number of rotatable bonds is 4. The fraction of sp³-hybridized carbons (Fsp3) is 0.250. The molecule has 0 saturated heterocycles. The summed E-state index contributed by atoms with van der Waals surface area (Å²) in [7, 11) is 0. The zero-order valence-corrected chi connectivity index (χ0v) is 11.0. The van der Waals surface area contributed by atoms with Crippen LogP contribution in [0.5, 0.6) is 0 Å². The monoisotopic (exact) mass is 297 g/mol. The Labute approximate surface area is 108 Å². The summed E-state index contributed by atoms with van der Waals surface area (Å²) in [4.78, 5) is 0. The van der Waals surface area contributed by atoms with Gasteiger partial charge in [0.1, 0.15) is 5.82 Å². The van der Waals surface area contributed by atoms with Crippen LogP contribution in [-0.2, 0) is 6.54 Å². The number of H-pyrrole nitrogens is 1. The van der Waals surface area contributed by atoms with Crippen molar-refractivity contribution in [1.82, 2.24) is 15.5 Å². The lowest BCUT2D eigenvalue weighted by molar-refractivity contribution is 0.621. The maximum atomic E-state index is 13.1. The van der Waals surface area contributed by atoms with Crippen LogP contribution in [0.1, 0.15) is 12.6 Å². The van der Waals surface area contributed by atoms with Crippen LogP contribution in [0.3, 0.4) is 0 Å². The zero-order valence-electron chi connectivity index (χ0n) is 9.43. The van der Waals surface area contributed by atoms with Crippen LogP contribution in [0.25, 0.3) is 11.3 Å². The molecule has 1 aromatic heterocycles. The summed E-state index contributed by atoms with van der Waals surface area (Å²) < 4.78 is 13.6. The van der Waals surface area contributed by atoms with E-state index in [1.165, 1.54) is 6.07 Å². The standard InChI is InChI=1S/C12H13BrFN3/c1-2-15-7-9-6-12(17-16-9)8-3-4-11(14)10(13)5-8/h3-6,15H,2,7H2,1H3,(H,16,17). The number of aromatic nitrogens is 2. The summed E-state index contributed by atoms with van der Waals surface area (Å²) in [5.41, 5.74) is 2.72. The lowest BCUT2D eigenvalue weighted by atomic mass is 10.1. The summed E-state index contributed by atoms with van der Waals surface area (Å²) in [6, 6.07) is 6.83. The lowest BCUT2D eigenvalue weighted by Gasteiger charge is -1.98. The van der Waals surface area contributed by atoms with Gasteiger partial charge in [0, 0.05) is 17.8 Å². The summed E-state index contributed by atoms with van der Waals surface area (Å²) in [5, 5.41) is 10.4. The average molecular weight is 298 g/mol. The smallest absolute Gasteiger partial charge is 0.137 e. The van der Waals surface area contributed by atoms with Crippen molar-refractivity contribution in [3.8, 4) is 11.3 Å². The van der Waals surface area contributed by atoms with Gasteiger partial charge in [-0.05, 0) is 46.7 Å². The van der Waals surface area contributed by atoms with E-state index in [-0.39, 0.29) is 5.82 Å². The molecule has 0 saturated carbocycles. The summed E-state index contributed by atoms with van der Waals surface area (Å²) in [6.07, 6.45) is 0. The molecule has 0 atom stereocenters. The van der Waals surface area contributed by atoms with Crippen molar-refractivity contribution in [2.75, 3.05) is 6.54 Å². The highest BCUT2D eigenvalue weighted by Gasteiger charge is 2.06. The molecule has 1 aromatic carbocycles. The molecule has 0 aliphatic rings. The molecule has 1 heterocycles. The number of benzene rings is 1. The first kappa shape index (κ1) is 12.3. The highest BCUT2D eigenvalue weighted by atomic mass is 79.9. The quantitative estimate of drug-likeness (QED) is 0.910. The van der Waals surface area contributed by atoms with Crippen LogP contribution >= 0.6 is 15.9 Å². The first-order valence-corrected chi connectivity index (χ1v) is 6.20. The highest BCUT2D eigenvalue weighted by molar-refractivity contribution is 9.10. The van der Waals surface area contributed by atoms with Gasteiger partial charge in [-0.2, -0.15) is 5.10 Å². The molecule has 0 amide bonds. The van der Waals surface area contributed by atoms with E-state index < -0.39 is 0 Å². The molecule has 2 N–H and O–H groups in total. The van der Waals surface area contributed by atoms with Gasteiger partial charge < -0.3 is 5.32 Å². The Morgan fingerprint density at radius 2 is 2.24 bits per heavy atom. The van der Waals surface area contributed by atoms with Gasteiger partial charge in [0.15, 0.2) is 0 Å². The van der Waals surface area contributed by atoms with Crippen molar-refractivity contribution in [3.63, 3.8) is 0 Å². The molecule has 5 heteroatoms. The van der Waals surface area contributed by atoms with E-state index in [2.05, 4.69) is 31.4 Å². The number of halogens is 2. The number of nitrogens with zero attached hydrogens (tertiary/aromatic N) is 1. The van der Waals surface area contributed by atoms with Crippen molar-refractivity contribution >= 4 is 15.9 Å². The van der Waals surface area contributed by atoms with Crippen LogP contribution in [-0.4, -0.2) is 16.7 Å². The van der Waals surface area contributed by atoms with E-state index in [9.17, 15) is 4.39 Å². The minimum absolute atomic E-state index is 0.267. The van der Waals surface area contributed by atoms with Gasteiger partial charge in [-0.15, -0.1) is 0 Å². The summed E-state index contributed by atoms with van der Waals surface area (Å²) >= 11 is 3.17. The Bertz CT molecular complexity index is 510. The highest BCUT2D eigenvalue weighted by Crippen LogP contribution is 2.24. The first-order valence-electron chi connectivity index (χ1n) is 5.41. The van der Waals surface area contributed by atoms with Crippen LogP contribution in [0, 0.1) is 5.82 Å². The Hall–Kier alpha value is -1.20. The van der Waals surface area contributed by atoms with E-state index in [0.29, 0.717) is 4.47 Å². The second-order valence-corrected chi connectivity index (χ2v) is 4.54. The molecule has 0 unspecified atom stereocenters. The molecule has 17 heavy (non-hydrogen) atoms. The second kappa shape index (κ2) is 5.42. The predicted octanol–water partition coefficient (Wildman–Crippen LogP) is 3.09. The minimum atomic E-state index is -0.267. The molecule has 90 valence electrons. The number of hydrogen-bond donors (Lipinski definition) is 2. The molecule has 2 rings (SSSR count). The van der Waals surface area contributed by atoms with Crippen LogP contribution < -0.4 is 5.32 Å². The third-order valence-corrected chi connectivity index (χ3v) is 3.02. The molecule has 2 aromatic rings.